The molecule has 8 heteroatoms. The van der Waals surface area contributed by atoms with E-state index in [-0.39, 0.29) is 23.9 Å². The Hall–Kier alpha value is -2.93. The van der Waals surface area contributed by atoms with Crippen LogP contribution in [0.5, 0.6) is 11.5 Å². The van der Waals surface area contributed by atoms with E-state index >= 15 is 0 Å². The number of carbonyl (C=O) groups is 1. The van der Waals surface area contributed by atoms with Crippen molar-refractivity contribution in [2.75, 3.05) is 0 Å². The first kappa shape index (κ1) is 25.3. The van der Waals surface area contributed by atoms with Crippen LogP contribution in [0, 0.1) is 26.2 Å². The summed E-state index contributed by atoms with van der Waals surface area (Å²) in [6.07, 6.45) is 2.81. The van der Waals surface area contributed by atoms with Crippen molar-refractivity contribution in [2.24, 2.45) is 5.73 Å². The Kier molecular flexibility index (Phi) is 7.67. The quantitative estimate of drug-likeness (QED) is 0.325. The first-order chi connectivity index (χ1) is 14.5. The molecule has 6 N–H and O–H groups in total. The van der Waals surface area contributed by atoms with Crippen LogP contribution in [0.15, 0.2) is 18.2 Å². The van der Waals surface area contributed by atoms with E-state index in [4.69, 9.17) is 15.9 Å². The number of aromatic carboxylic acids is 1. The second-order valence-electron chi connectivity index (χ2n) is 8.65. The molecule has 1 atom stereocenters. The van der Waals surface area contributed by atoms with Crippen molar-refractivity contribution < 1.29 is 19.7 Å². The van der Waals surface area contributed by atoms with Crippen molar-refractivity contribution in [3.05, 3.63) is 57.1 Å². The first-order valence-electron chi connectivity index (χ1n) is 10.5. The van der Waals surface area contributed by atoms with Crippen molar-refractivity contribution in [3.63, 3.8) is 0 Å². The molecule has 3 rings (SSSR count). The maximum absolute atomic E-state index is 11.7. The van der Waals surface area contributed by atoms with Crippen LogP contribution in [0.4, 0.5) is 0 Å². The van der Waals surface area contributed by atoms with Crippen LogP contribution in [-0.2, 0) is 19.4 Å². The molecule has 174 valence electrons. The molecule has 0 fully saturated rings. The molecule has 2 aromatic rings. The number of nitrogens with two attached hydrogens (primary N) is 1. The average Bonchev–Trinajstić information content (AvgIpc) is 2.73. The Bertz CT molecular complexity index is 1050. The number of aromatic hydroxyl groups is 1. The molecule has 0 radical (unpaired) electrons. The minimum absolute atomic E-state index is 0. The van der Waals surface area contributed by atoms with Gasteiger partial charge in [-0.05, 0) is 87.3 Å². The second kappa shape index (κ2) is 9.69. The molecule has 0 aromatic heterocycles. The van der Waals surface area contributed by atoms with Gasteiger partial charge in [-0.15, -0.1) is 12.4 Å². The van der Waals surface area contributed by atoms with Gasteiger partial charge in [0, 0.05) is 12.1 Å². The number of nitrogens with one attached hydrogen (secondary N) is 2. The largest absolute Gasteiger partial charge is 0.507 e. The summed E-state index contributed by atoms with van der Waals surface area (Å²) in [7, 11) is 0. The molecule has 0 spiro atoms. The standard InChI is InChI=1S/C24H31N3O4.ClH/c1-13-14(2)21-18(15(3)20(13)28)8-10-24(4,31-21)9-7-17-11-16(12-27-23(25)26)5-6-19(17)22(29)30;/h5-6,11,28H,7-10,12H2,1-4H3,(H,29,30)(H4,25,26,27);1H. The SMILES string of the molecule is Cc1c(C)c2c(c(C)c1O)CCC(C)(CCc1cc(CNC(=N)N)ccc1C(=O)O)O2.Cl. The van der Waals surface area contributed by atoms with Gasteiger partial charge in [0.2, 0.25) is 0 Å². The van der Waals surface area contributed by atoms with E-state index in [9.17, 15) is 15.0 Å². The van der Waals surface area contributed by atoms with Crippen LogP contribution in [0.2, 0.25) is 0 Å². The molecule has 0 amide bonds. The smallest absolute Gasteiger partial charge is 0.335 e. The number of carboxylic acid groups (broad SMARTS) is 1. The highest BCUT2D eigenvalue weighted by molar-refractivity contribution is 5.89. The van der Waals surface area contributed by atoms with Crippen molar-refractivity contribution in [3.8, 4) is 11.5 Å². The van der Waals surface area contributed by atoms with Crippen LogP contribution < -0.4 is 15.8 Å². The summed E-state index contributed by atoms with van der Waals surface area (Å²) in [5.74, 6) is 0.0984. The van der Waals surface area contributed by atoms with Gasteiger partial charge in [0.1, 0.15) is 17.1 Å². The molecule has 0 aliphatic carbocycles. The summed E-state index contributed by atoms with van der Waals surface area (Å²) in [5, 5.41) is 30.0. The van der Waals surface area contributed by atoms with E-state index in [0.29, 0.717) is 25.1 Å². The second-order valence-corrected chi connectivity index (χ2v) is 8.65. The molecule has 1 aliphatic rings. The summed E-state index contributed by atoms with van der Waals surface area (Å²) in [5.41, 5.74) is 10.5. The molecular weight excluding hydrogens is 430 g/mol. The highest BCUT2D eigenvalue weighted by Crippen LogP contribution is 2.44. The van der Waals surface area contributed by atoms with E-state index in [0.717, 1.165) is 52.0 Å². The van der Waals surface area contributed by atoms with Gasteiger partial charge in [-0.2, -0.15) is 0 Å². The molecule has 0 bridgehead atoms. The third-order valence-corrected chi connectivity index (χ3v) is 6.40. The Morgan fingerprint density at radius 2 is 1.94 bits per heavy atom. The number of hydrogen-bond acceptors (Lipinski definition) is 4. The minimum atomic E-state index is -0.960. The van der Waals surface area contributed by atoms with Gasteiger partial charge in [-0.25, -0.2) is 4.79 Å². The summed E-state index contributed by atoms with van der Waals surface area (Å²) < 4.78 is 6.48. The fourth-order valence-electron chi connectivity index (χ4n) is 4.24. The number of benzene rings is 2. The number of hydrogen-bond donors (Lipinski definition) is 5. The van der Waals surface area contributed by atoms with Crippen LogP contribution >= 0.6 is 12.4 Å². The zero-order valence-electron chi connectivity index (χ0n) is 19.0. The predicted molar refractivity (Wildman–Crippen MR) is 127 cm³/mol. The summed E-state index contributed by atoms with van der Waals surface area (Å²) in [6, 6.07) is 5.20. The highest BCUT2D eigenvalue weighted by atomic mass is 35.5. The number of carboxylic acids is 1. The lowest BCUT2D eigenvalue weighted by Gasteiger charge is -2.38. The normalized spacial score (nSPS) is 17.0. The Labute approximate surface area is 194 Å². The van der Waals surface area contributed by atoms with Gasteiger partial charge in [-0.1, -0.05) is 12.1 Å². The maximum atomic E-state index is 11.7. The third-order valence-electron chi connectivity index (χ3n) is 6.40. The molecule has 1 heterocycles. The molecule has 1 aliphatic heterocycles. The maximum Gasteiger partial charge on any atom is 0.335 e. The summed E-state index contributed by atoms with van der Waals surface area (Å²) >= 11 is 0. The van der Waals surface area contributed by atoms with E-state index in [1.807, 2.05) is 26.8 Å². The van der Waals surface area contributed by atoms with Gasteiger partial charge in [0.25, 0.3) is 0 Å². The lowest BCUT2D eigenvalue weighted by Crippen LogP contribution is -2.37. The number of phenolic OH excluding ortho intramolecular Hbond substituents is 1. The van der Waals surface area contributed by atoms with Crippen LogP contribution in [0.1, 0.15) is 63.5 Å². The van der Waals surface area contributed by atoms with Crippen LogP contribution in [0.3, 0.4) is 0 Å². The minimum Gasteiger partial charge on any atom is -0.507 e. The first-order valence-corrected chi connectivity index (χ1v) is 10.5. The number of halogens is 1. The number of ether oxygens (including phenoxy) is 1. The Balaban J connectivity index is 0.00000363. The van der Waals surface area contributed by atoms with Crippen molar-refractivity contribution in [1.82, 2.24) is 5.32 Å². The van der Waals surface area contributed by atoms with Crippen LogP contribution in [0.25, 0.3) is 0 Å². The van der Waals surface area contributed by atoms with Gasteiger partial charge < -0.3 is 26.0 Å². The van der Waals surface area contributed by atoms with E-state index in [1.165, 1.54) is 0 Å². The topological polar surface area (TPSA) is 129 Å². The predicted octanol–water partition coefficient (Wildman–Crippen LogP) is 4.14. The van der Waals surface area contributed by atoms with Crippen molar-refractivity contribution >= 4 is 24.3 Å². The number of aryl methyl sites for hydroxylation is 1. The number of fused-ring (bicyclic) bond motifs is 1. The van der Waals surface area contributed by atoms with E-state index < -0.39 is 11.6 Å². The van der Waals surface area contributed by atoms with E-state index in [1.54, 1.807) is 12.1 Å². The third kappa shape index (κ3) is 5.10. The van der Waals surface area contributed by atoms with Gasteiger partial charge in [0.05, 0.1) is 5.56 Å². The average molecular weight is 462 g/mol. The fraction of sp³-hybridized carbons (Fsp3) is 0.417. The molecule has 2 aromatic carbocycles. The van der Waals surface area contributed by atoms with Crippen molar-refractivity contribution in [2.45, 2.75) is 65.5 Å². The van der Waals surface area contributed by atoms with Crippen LogP contribution in [-0.4, -0.2) is 27.7 Å². The number of guanidine groups is 1. The summed E-state index contributed by atoms with van der Waals surface area (Å²) in [4.78, 5) is 11.7. The molecule has 7 nitrogen and oxygen atoms in total. The number of rotatable bonds is 6. The zero-order chi connectivity index (χ0) is 22.9. The molecular formula is C24H32ClN3O4. The zero-order valence-corrected chi connectivity index (χ0v) is 19.8. The molecule has 0 saturated carbocycles. The Morgan fingerprint density at radius 3 is 2.56 bits per heavy atom. The van der Waals surface area contributed by atoms with Crippen molar-refractivity contribution in [1.29, 1.82) is 5.41 Å². The lowest BCUT2D eigenvalue weighted by molar-refractivity contribution is 0.0547. The van der Waals surface area contributed by atoms with Gasteiger partial charge >= 0.3 is 5.97 Å². The molecule has 32 heavy (non-hydrogen) atoms. The highest BCUT2D eigenvalue weighted by Gasteiger charge is 2.34. The van der Waals surface area contributed by atoms with Gasteiger partial charge in [0.15, 0.2) is 5.96 Å². The summed E-state index contributed by atoms with van der Waals surface area (Å²) in [6.45, 7) is 8.21. The molecule has 1 unspecified atom stereocenters. The Morgan fingerprint density at radius 1 is 1.25 bits per heavy atom. The van der Waals surface area contributed by atoms with E-state index in [2.05, 4.69) is 12.2 Å². The monoisotopic (exact) mass is 461 g/mol. The molecule has 0 saturated heterocycles. The fourth-order valence-corrected chi connectivity index (χ4v) is 4.24. The van der Waals surface area contributed by atoms with Gasteiger partial charge in [-0.3, -0.25) is 5.41 Å². The number of phenols is 1. The lowest BCUT2D eigenvalue weighted by atomic mass is 9.84.